The summed E-state index contributed by atoms with van der Waals surface area (Å²) in [5, 5.41) is 0.709. The van der Waals surface area contributed by atoms with E-state index in [1.807, 2.05) is 19.1 Å². The number of benzene rings is 1. The Bertz CT molecular complexity index is 233. The molecule has 0 unspecified atom stereocenters. The molecule has 0 atom stereocenters. The van der Waals surface area contributed by atoms with E-state index >= 15 is 0 Å². The van der Waals surface area contributed by atoms with Crippen LogP contribution in [0.15, 0.2) is 18.2 Å². The second kappa shape index (κ2) is 2.93. The van der Waals surface area contributed by atoms with Gasteiger partial charge in [-0.1, -0.05) is 17.7 Å². The van der Waals surface area contributed by atoms with Crippen LogP contribution in [0.4, 0.5) is 0 Å². The van der Waals surface area contributed by atoms with Gasteiger partial charge in [-0.2, -0.15) is 0 Å². The first kappa shape index (κ1) is 7.42. The Kier molecular flexibility index (Phi) is 2.17. The summed E-state index contributed by atoms with van der Waals surface area (Å²) < 4.78 is 4.72. The molecule has 53 valence electrons. The van der Waals surface area contributed by atoms with Crippen molar-refractivity contribution in [3.05, 3.63) is 35.9 Å². The molecular weight excluding hydrogens is 148 g/mol. The van der Waals surface area contributed by atoms with E-state index in [0.29, 0.717) is 10.8 Å². The van der Waals surface area contributed by atoms with Crippen molar-refractivity contribution in [1.29, 1.82) is 0 Å². The molecule has 1 radical (unpaired) electrons. The highest BCUT2D eigenvalue weighted by Gasteiger charge is 1.95. The molecule has 1 aromatic rings. The van der Waals surface area contributed by atoms with Gasteiger partial charge in [0.2, 0.25) is 0 Å². The van der Waals surface area contributed by atoms with Crippen molar-refractivity contribution in [1.82, 2.24) is 0 Å². The summed E-state index contributed by atoms with van der Waals surface area (Å²) in [5.74, 6) is 0.690. The molecule has 0 fully saturated rings. The van der Waals surface area contributed by atoms with Gasteiger partial charge < -0.3 is 4.74 Å². The van der Waals surface area contributed by atoms with E-state index in [9.17, 15) is 0 Å². The molecule has 2 heteroatoms. The van der Waals surface area contributed by atoms with E-state index in [1.54, 1.807) is 6.07 Å². The van der Waals surface area contributed by atoms with E-state index in [2.05, 4.69) is 7.11 Å². The highest BCUT2D eigenvalue weighted by atomic mass is 35.5. The third-order valence-electron chi connectivity index (χ3n) is 1.31. The highest BCUT2D eigenvalue weighted by Crippen LogP contribution is 2.21. The van der Waals surface area contributed by atoms with Crippen LogP contribution >= 0.6 is 11.6 Å². The summed E-state index contributed by atoms with van der Waals surface area (Å²) in [6.45, 7) is 1.94. The Morgan fingerprint density at radius 2 is 2.20 bits per heavy atom. The largest absolute Gasteiger partial charge is 0.490 e. The van der Waals surface area contributed by atoms with Gasteiger partial charge in [0.25, 0.3) is 0 Å². The zero-order valence-electron chi connectivity index (χ0n) is 5.73. The minimum Gasteiger partial charge on any atom is -0.490 e. The minimum absolute atomic E-state index is 0.690. The average Bonchev–Trinajstić information content (AvgIpc) is 1.95. The summed E-state index contributed by atoms with van der Waals surface area (Å²) in [4.78, 5) is 0. The Morgan fingerprint density at radius 1 is 1.50 bits per heavy atom. The van der Waals surface area contributed by atoms with E-state index in [0.717, 1.165) is 5.56 Å². The van der Waals surface area contributed by atoms with Crippen LogP contribution in [0.2, 0.25) is 5.02 Å². The standard InChI is InChI=1S/C8H8ClO/c1-6-3-4-7(10-2)5-8(6)9/h3-5H,2H2,1H3. The fourth-order valence-corrected chi connectivity index (χ4v) is 0.834. The molecule has 0 aliphatic carbocycles. The van der Waals surface area contributed by atoms with E-state index in [4.69, 9.17) is 16.3 Å². The summed E-state index contributed by atoms with van der Waals surface area (Å²) in [7, 11) is 3.27. The quantitative estimate of drug-likeness (QED) is 0.606. The van der Waals surface area contributed by atoms with Gasteiger partial charge in [-0.3, -0.25) is 0 Å². The van der Waals surface area contributed by atoms with Crippen molar-refractivity contribution in [2.24, 2.45) is 0 Å². The Balaban J connectivity index is 3.04. The minimum atomic E-state index is 0.690. The molecule has 0 saturated heterocycles. The van der Waals surface area contributed by atoms with Crippen LogP contribution in [0.25, 0.3) is 0 Å². The lowest BCUT2D eigenvalue weighted by molar-refractivity contribution is 0.473. The SMILES string of the molecule is [CH2]Oc1ccc(C)c(Cl)c1. The van der Waals surface area contributed by atoms with Crippen LogP contribution in [0, 0.1) is 14.0 Å². The molecule has 1 rings (SSSR count). The fourth-order valence-electron chi connectivity index (χ4n) is 0.663. The number of rotatable bonds is 1. The molecule has 0 bridgehead atoms. The third-order valence-corrected chi connectivity index (χ3v) is 1.72. The number of hydrogen-bond donors (Lipinski definition) is 0. The van der Waals surface area contributed by atoms with Crippen LogP contribution in [0.1, 0.15) is 5.56 Å². The molecule has 0 aliphatic heterocycles. The van der Waals surface area contributed by atoms with Gasteiger partial charge in [0.15, 0.2) is 0 Å². The van der Waals surface area contributed by atoms with Crippen LogP contribution in [-0.4, -0.2) is 0 Å². The normalized spacial score (nSPS) is 9.50. The lowest BCUT2D eigenvalue weighted by Crippen LogP contribution is -1.80. The van der Waals surface area contributed by atoms with Crippen molar-refractivity contribution in [3.8, 4) is 5.75 Å². The summed E-state index contributed by atoms with van der Waals surface area (Å²) >= 11 is 5.78. The van der Waals surface area contributed by atoms with Gasteiger partial charge in [0.1, 0.15) is 12.9 Å². The number of aryl methyl sites for hydroxylation is 1. The topological polar surface area (TPSA) is 9.23 Å². The maximum absolute atomic E-state index is 5.78. The Hall–Kier alpha value is -0.690. The summed E-state index contributed by atoms with van der Waals surface area (Å²) in [5.41, 5.74) is 1.04. The predicted molar refractivity (Wildman–Crippen MR) is 42.2 cm³/mol. The lowest BCUT2D eigenvalue weighted by Gasteiger charge is -2.00. The van der Waals surface area contributed by atoms with E-state index in [-0.39, 0.29) is 0 Å². The number of hydrogen-bond acceptors (Lipinski definition) is 1. The molecule has 0 saturated carbocycles. The molecule has 0 amide bonds. The first-order valence-electron chi connectivity index (χ1n) is 2.92. The van der Waals surface area contributed by atoms with Crippen molar-refractivity contribution in [2.45, 2.75) is 6.92 Å². The van der Waals surface area contributed by atoms with Gasteiger partial charge in [-0.05, 0) is 24.6 Å². The highest BCUT2D eigenvalue weighted by molar-refractivity contribution is 6.31. The van der Waals surface area contributed by atoms with Crippen molar-refractivity contribution in [3.63, 3.8) is 0 Å². The molecule has 1 nitrogen and oxygen atoms in total. The van der Waals surface area contributed by atoms with Gasteiger partial charge in [0.05, 0.1) is 0 Å². The third kappa shape index (κ3) is 1.42. The number of halogens is 1. The summed E-state index contributed by atoms with van der Waals surface area (Å²) in [6.07, 6.45) is 0. The van der Waals surface area contributed by atoms with Gasteiger partial charge >= 0.3 is 0 Å². The second-order valence-electron chi connectivity index (χ2n) is 2.06. The van der Waals surface area contributed by atoms with E-state index < -0.39 is 0 Å². The monoisotopic (exact) mass is 155 g/mol. The maximum atomic E-state index is 5.78. The van der Waals surface area contributed by atoms with Crippen LogP contribution in [0.3, 0.4) is 0 Å². The summed E-state index contributed by atoms with van der Waals surface area (Å²) in [6, 6.07) is 5.46. The molecular formula is C8H8ClO. The lowest BCUT2D eigenvalue weighted by atomic mass is 10.2. The van der Waals surface area contributed by atoms with Gasteiger partial charge in [0, 0.05) is 5.02 Å². The molecule has 10 heavy (non-hydrogen) atoms. The second-order valence-corrected chi connectivity index (χ2v) is 2.46. The van der Waals surface area contributed by atoms with E-state index in [1.165, 1.54) is 0 Å². The van der Waals surface area contributed by atoms with Crippen molar-refractivity contribution >= 4 is 11.6 Å². The fraction of sp³-hybridized carbons (Fsp3) is 0.125. The Labute approximate surface area is 65.6 Å². The number of ether oxygens (including phenoxy) is 1. The average molecular weight is 156 g/mol. The molecule has 1 aromatic carbocycles. The first-order chi connectivity index (χ1) is 4.74. The molecule has 0 aromatic heterocycles. The first-order valence-corrected chi connectivity index (χ1v) is 3.30. The van der Waals surface area contributed by atoms with Crippen LogP contribution in [-0.2, 0) is 0 Å². The molecule has 0 aliphatic rings. The molecule has 0 spiro atoms. The molecule has 0 heterocycles. The molecule has 0 N–H and O–H groups in total. The smallest absolute Gasteiger partial charge is 0.122 e. The van der Waals surface area contributed by atoms with Gasteiger partial charge in [-0.25, -0.2) is 0 Å². The van der Waals surface area contributed by atoms with Gasteiger partial charge in [-0.15, -0.1) is 0 Å². The predicted octanol–water partition coefficient (Wildman–Crippen LogP) is 2.82. The van der Waals surface area contributed by atoms with Crippen molar-refractivity contribution in [2.75, 3.05) is 0 Å². The zero-order chi connectivity index (χ0) is 7.56. The maximum Gasteiger partial charge on any atom is 0.122 e. The van der Waals surface area contributed by atoms with Crippen LogP contribution in [0.5, 0.6) is 5.75 Å². The van der Waals surface area contributed by atoms with Crippen molar-refractivity contribution < 1.29 is 4.74 Å². The zero-order valence-corrected chi connectivity index (χ0v) is 6.48. The Morgan fingerprint density at radius 3 is 2.70 bits per heavy atom. The van der Waals surface area contributed by atoms with Crippen LogP contribution < -0.4 is 4.74 Å².